The van der Waals surface area contributed by atoms with Gasteiger partial charge >= 0.3 is 5.91 Å². The molecule has 0 radical (unpaired) electrons. The van der Waals surface area contributed by atoms with E-state index in [4.69, 9.17) is 9.47 Å². The normalized spacial score (nSPS) is 31.1. The summed E-state index contributed by atoms with van der Waals surface area (Å²) in [6, 6.07) is 0. The number of aliphatic imine (C=N–C) groups is 1. The molecular weight excluding hydrogens is 352 g/mol. The number of amidine groups is 1. The highest BCUT2D eigenvalue weighted by atomic mass is 32.2. The zero-order valence-electron chi connectivity index (χ0n) is 15.5. The van der Waals surface area contributed by atoms with Crippen LogP contribution in [0.25, 0.3) is 0 Å². The van der Waals surface area contributed by atoms with Crippen molar-refractivity contribution in [2.24, 2.45) is 4.99 Å². The van der Waals surface area contributed by atoms with Crippen molar-refractivity contribution in [1.29, 1.82) is 0 Å². The van der Waals surface area contributed by atoms with E-state index in [2.05, 4.69) is 9.89 Å². The van der Waals surface area contributed by atoms with Crippen molar-refractivity contribution in [3.8, 4) is 0 Å². The van der Waals surface area contributed by atoms with Gasteiger partial charge < -0.3 is 14.4 Å². The summed E-state index contributed by atoms with van der Waals surface area (Å²) in [5.41, 5.74) is -0.660. The number of hydrogen-bond acceptors (Lipinski definition) is 5. The maximum Gasteiger partial charge on any atom is 0.314 e. The molecule has 1 spiro atoms. The summed E-state index contributed by atoms with van der Waals surface area (Å²) < 4.78 is 11.7. The lowest BCUT2D eigenvalue weighted by atomic mass is 9.84. The third-order valence-corrected chi connectivity index (χ3v) is 6.96. The van der Waals surface area contributed by atoms with Crippen LogP contribution < -0.4 is 0 Å². The van der Waals surface area contributed by atoms with Crippen molar-refractivity contribution in [2.45, 2.75) is 68.8 Å². The highest BCUT2D eigenvalue weighted by Gasteiger charge is 2.48. The second-order valence-corrected chi connectivity index (χ2v) is 9.80. The van der Waals surface area contributed by atoms with Crippen LogP contribution in [0.5, 0.6) is 0 Å². The number of hydrogen-bond donors (Lipinski definition) is 0. The standard InChI is InChI=1S/C19H26N2O4S/c1-18(2)10-13(22)9-15(25-18)16(23)20-17-21(11-14-5-3-8-24-14)12-19(26-17)6-4-7-19/h9,14H,3-8,10-12H2,1-2H3/t14-/m1/s1. The minimum absolute atomic E-state index is 0.0611. The molecule has 0 unspecified atom stereocenters. The van der Waals surface area contributed by atoms with E-state index in [1.807, 2.05) is 13.8 Å². The monoisotopic (exact) mass is 378 g/mol. The number of nitrogens with zero attached hydrogens (tertiary/aromatic N) is 2. The lowest BCUT2D eigenvalue weighted by molar-refractivity contribution is -0.129. The Labute approximate surface area is 158 Å². The highest BCUT2D eigenvalue weighted by Crippen LogP contribution is 2.50. The van der Waals surface area contributed by atoms with Crippen LogP contribution in [-0.4, -0.2) is 57.9 Å². The van der Waals surface area contributed by atoms with Crippen molar-refractivity contribution in [1.82, 2.24) is 4.90 Å². The van der Waals surface area contributed by atoms with Crippen molar-refractivity contribution in [3.63, 3.8) is 0 Å². The molecule has 0 aromatic rings. The number of ketones is 1. The van der Waals surface area contributed by atoms with E-state index in [0.29, 0.717) is 0 Å². The predicted octanol–water partition coefficient (Wildman–Crippen LogP) is 2.67. The number of amides is 1. The van der Waals surface area contributed by atoms with Crippen LogP contribution in [0.2, 0.25) is 0 Å². The molecule has 0 bridgehead atoms. The highest BCUT2D eigenvalue weighted by molar-refractivity contribution is 8.15. The first kappa shape index (κ1) is 18.0. The molecule has 0 N–H and O–H groups in total. The first-order valence-electron chi connectivity index (χ1n) is 9.46. The third-order valence-electron chi connectivity index (χ3n) is 5.46. The van der Waals surface area contributed by atoms with Gasteiger partial charge in [-0.25, -0.2) is 0 Å². The van der Waals surface area contributed by atoms with E-state index in [9.17, 15) is 9.59 Å². The lowest BCUT2D eigenvalue weighted by Gasteiger charge is -2.36. The number of rotatable bonds is 3. The summed E-state index contributed by atoms with van der Waals surface area (Å²) in [4.78, 5) is 31.1. The molecule has 1 aliphatic carbocycles. The van der Waals surface area contributed by atoms with Gasteiger partial charge in [-0.15, -0.1) is 0 Å². The molecule has 26 heavy (non-hydrogen) atoms. The summed E-state index contributed by atoms with van der Waals surface area (Å²) >= 11 is 1.72. The molecule has 1 atom stereocenters. The van der Waals surface area contributed by atoms with Crippen molar-refractivity contribution >= 4 is 28.6 Å². The quantitative estimate of drug-likeness (QED) is 0.752. The molecular formula is C19H26N2O4S. The second-order valence-electron chi connectivity index (χ2n) is 8.37. The van der Waals surface area contributed by atoms with Crippen LogP contribution in [0.1, 0.15) is 52.4 Å². The van der Waals surface area contributed by atoms with Gasteiger partial charge in [0, 0.05) is 36.9 Å². The summed E-state index contributed by atoms with van der Waals surface area (Å²) in [5.74, 6) is -0.483. The molecule has 0 aromatic heterocycles. The molecule has 2 saturated heterocycles. The molecule has 1 amide bonds. The molecule has 0 aromatic carbocycles. The molecule has 7 heteroatoms. The van der Waals surface area contributed by atoms with E-state index in [0.717, 1.165) is 50.5 Å². The van der Waals surface area contributed by atoms with Crippen LogP contribution in [0.15, 0.2) is 16.8 Å². The van der Waals surface area contributed by atoms with Crippen molar-refractivity contribution < 1.29 is 19.1 Å². The number of carbonyl (C=O) groups excluding carboxylic acids is 2. The summed E-state index contributed by atoms with van der Waals surface area (Å²) in [5, 5.41) is 0.755. The van der Waals surface area contributed by atoms with Crippen LogP contribution in [0.3, 0.4) is 0 Å². The number of carbonyl (C=O) groups is 2. The number of ether oxygens (including phenoxy) is 2. The Morgan fingerprint density at radius 3 is 2.81 bits per heavy atom. The van der Waals surface area contributed by atoms with Gasteiger partial charge in [-0.1, -0.05) is 18.2 Å². The largest absolute Gasteiger partial charge is 0.481 e. The molecule has 3 fully saturated rings. The van der Waals surface area contributed by atoms with E-state index in [-0.39, 0.29) is 28.8 Å². The minimum Gasteiger partial charge on any atom is -0.481 e. The molecule has 3 aliphatic heterocycles. The molecule has 4 rings (SSSR count). The van der Waals surface area contributed by atoms with Crippen LogP contribution in [0.4, 0.5) is 0 Å². The van der Waals surface area contributed by atoms with Crippen LogP contribution >= 0.6 is 11.8 Å². The Morgan fingerprint density at radius 1 is 1.38 bits per heavy atom. The zero-order chi connectivity index (χ0) is 18.4. The Balaban J connectivity index is 1.52. The first-order valence-corrected chi connectivity index (χ1v) is 10.3. The fourth-order valence-corrected chi connectivity index (χ4v) is 5.53. The van der Waals surface area contributed by atoms with Crippen molar-refractivity contribution in [2.75, 3.05) is 19.7 Å². The van der Waals surface area contributed by atoms with Gasteiger partial charge in [-0.2, -0.15) is 4.99 Å². The molecule has 1 saturated carbocycles. The van der Waals surface area contributed by atoms with Crippen molar-refractivity contribution in [3.05, 3.63) is 11.8 Å². The minimum atomic E-state index is -0.660. The number of thioether (sulfide) groups is 1. The topological polar surface area (TPSA) is 68.2 Å². The summed E-state index contributed by atoms with van der Waals surface area (Å²) in [6.45, 7) is 6.16. The Hall–Kier alpha value is -1.34. The molecule has 4 aliphatic rings. The van der Waals surface area contributed by atoms with Gasteiger partial charge in [0.15, 0.2) is 16.7 Å². The van der Waals surface area contributed by atoms with E-state index >= 15 is 0 Å². The van der Waals surface area contributed by atoms with Crippen LogP contribution in [0, 0.1) is 0 Å². The maximum absolute atomic E-state index is 12.7. The van der Waals surface area contributed by atoms with Gasteiger partial charge in [0.1, 0.15) is 5.60 Å². The molecule has 6 nitrogen and oxygen atoms in total. The molecule has 142 valence electrons. The fourth-order valence-electron chi connectivity index (χ4n) is 4.03. The average molecular weight is 378 g/mol. The Kier molecular flexibility index (Phi) is 4.63. The van der Waals surface area contributed by atoms with Crippen LogP contribution in [-0.2, 0) is 19.1 Å². The van der Waals surface area contributed by atoms with E-state index in [1.54, 1.807) is 11.8 Å². The van der Waals surface area contributed by atoms with Gasteiger partial charge in [0.05, 0.1) is 6.10 Å². The Morgan fingerprint density at radius 2 is 2.19 bits per heavy atom. The second kappa shape index (κ2) is 6.68. The first-order chi connectivity index (χ1) is 12.3. The average Bonchev–Trinajstić information content (AvgIpc) is 3.13. The zero-order valence-corrected chi connectivity index (χ0v) is 16.3. The smallest absolute Gasteiger partial charge is 0.314 e. The SMILES string of the molecule is CC1(C)CC(=O)C=C(C(=O)N=C2SC3(CCC3)CN2C[C@H]2CCCO2)O1. The summed E-state index contributed by atoms with van der Waals surface area (Å²) in [6.07, 6.45) is 7.52. The van der Waals surface area contributed by atoms with E-state index in [1.165, 1.54) is 12.5 Å². The molecule has 3 heterocycles. The predicted molar refractivity (Wildman–Crippen MR) is 100 cm³/mol. The lowest BCUT2D eigenvalue weighted by Crippen LogP contribution is -2.40. The fraction of sp³-hybridized carbons (Fsp3) is 0.737. The van der Waals surface area contributed by atoms with E-state index < -0.39 is 11.5 Å². The van der Waals surface area contributed by atoms with Gasteiger partial charge in [0.2, 0.25) is 0 Å². The van der Waals surface area contributed by atoms with Gasteiger partial charge in [0.25, 0.3) is 0 Å². The van der Waals surface area contributed by atoms with Gasteiger partial charge in [-0.05, 0) is 39.5 Å². The third kappa shape index (κ3) is 3.69. The number of allylic oxidation sites excluding steroid dienone is 1. The van der Waals surface area contributed by atoms with Gasteiger partial charge in [-0.3, -0.25) is 9.59 Å². The Bertz CT molecular complexity index is 675. The summed E-state index contributed by atoms with van der Waals surface area (Å²) in [7, 11) is 0. The maximum atomic E-state index is 12.7.